The van der Waals surface area contributed by atoms with Gasteiger partial charge in [0.25, 0.3) is 0 Å². The van der Waals surface area contributed by atoms with Gasteiger partial charge in [-0.3, -0.25) is 0 Å². The maximum Gasteiger partial charge on any atom is 0.508 e. The lowest BCUT2D eigenvalue weighted by Gasteiger charge is -2.05. The van der Waals surface area contributed by atoms with E-state index < -0.39 is 6.16 Å². The standard InChI is InChI=1S/C9H16Cl2O3S2/c10-1-5-15-7-3-13-9(12)14-4-8-16-6-2-11/h1-8H2. The molecule has 0 aromatic rings. The van der Waals surface area contributed by atoms with Gasteiger partial charge < -0.3 is 9.47 Å². The number of thioether (sulfide) groups is 2. The minimum atomic E-state index is -0.599. The van der Waals surface area contributed by atoms with Gasteiger partial charge in [-0.15, -0.1) is 23.2 Å². The highest BCUT2D eigenvalue weighted by atomic mass is 35.5. The van der Waals surface area contributed by atoms with Crippen LogP contribution in [0.3, 0.4) is 0 Å². The van der Waals surface area contributed by atoms with Crippen molar-refractivity contribution in [2.45, 2.75) is 0 Å². The molecule has 0 bridgehead atoms. The van der Waals surface area contributed by atoms with Crippen LogP contribution < -0.4 is 0 Å². The quantitative estimate of drug-likeness (QED) is 0.352. The van der Waals surface area contributed by atoms with Gasteiger partial charge >= 0.3 is 6.16 Å². The predicted molar refractivity (Wildman–Crippen MR) is 73.4 cm³/mol. The van der Waals surface area contributed by atoms with E-state index in [1.165, 1.54) is 0 Å². The number of alkyl halides is 2. The Kier molecular flexibility index (Phi) is 14.1. The minimum absolute atomic E-state index is 0.370. The third-order valence-corrected chi connectivity index (χ3v) is 4.06. The van der Waals surface area contributed by atoms with Crippen LogP contribution in [0.4, 0.5) is 4.79 Å². The van der Waals surface area contributed by atoms with E-state index in [1.54, 1.807) is 23.5 Å². The van der Waals surface area contributed by atoms with Gasteiger partial charge in [-0.25, -0.2) is 4.79 Å². The topological polar surface area (TPSA) is 35.5 Å². The molecule has 0 atom stereocenters. The molecule has 0 N–H and O–H groups in total. The van der Waals surface area contributed by atoms with E-state index in [1.807, 2.05) is 0 Å². The summed E-state index contributed by atoms with van der Waals surface area (Å²) in [6.45, 7) is 0.740. The molecular weight excluding hydrogens is 291 g/mol. The molecule has 0 heterocycles. The maximum absolute atomic E-state index is 11.0. The molecule has 0 aliphatic heterocycles. The van der Waals surface area contributed by atoms with Gasteiger partial charge in [0, 0.05) is 34.8 Å². The van der Waals surface area contributed by atoms with Gasteiger partial charge in [0.2, 0.25) is 0 Å². The van der Waals surface area contributed by atoms with Gasteiger partial charge in [-0.1, -0.05) is 0 Å². The number of ether oxygens (including phenoxy) is 2. The fourth-order valence-electron chi connectivity index (χ4n) is 0.723. The molecule has 0 aliphatic rings. The smallest absolute Gasteiger partial charge is 0.433 e. The SMILES string of the molecule is O=C(OCCSCCCl)OCCSCCCl. The number of rotatable bonds is 10. The number of hydrogen-bond acceptors (Lipinski definition) is 5. The van der Waals surface area contributed by atoms with E-state index in [9.17, 15) is 4.79 Å². The molecule has 0 aromatic carbocycles. The van der Waals surface area contributed by atoms with E-state index in [0.717, 1.165) is 23.0 Å². The second-order valence-electron chi connectivity index (χ2n) is 2.55. The van der Waals surface area contributed by atoms with Crippen LogP contribution in [0.25, 0.3) is 0 Å². The number of hydrogen-bond donors (Lipinski definition) is 0. The zero-order valence-corrected chi connectivity index (χ0v) is 12.1. The zero-order valence-electron chi connectivity index (χ0n) is 8.95. The first-order valence-corrected chi connectivity index (χ1v) is 8.26. The summed E-state index contributed by atoms with van der Waals surface area (Å²) in [6, 6.07) is 0. The predicted octanol–water partition coefficient (Wildman–Crippen LogP) is 3.08. The Hall–Kier alpha value is 0.550. The van der Waals surface area contributed by atoms with E-state index in [-0.39, 0.29) is 0 Å². The molecule has 7 heteroatoms. The summed E-state index contributed by atoms with van der Waals surface area (Å²) in [5, 5.41) is 0. The number of halogens is 2. The van der Waals surface area contributed by atoms with Crippen LogP contribution in [0.5, 0.6) is 0 Å². The van der Waals surface area contributed by atoms with Crippen molar-refractivity contribution in [3.63, 3.8) is 0 Å². The van der Waals surface area contributed by atoms with Gasteiger partial charge in [0.05, 0.1) is 0 Å². The molecule has 0 amide bonds. The summed E-state index contributed by atoms with van der Waals surface area (Å²) in [5.41, 5.74) is 0. The third kappa shape index (κ3) is 12.6. The monoisotopic (exact) mass is 306 g/mol. The Morgan fingerprint density at radius 1 is 0.875 bits per heavy atom. The largest absolute Gasteiger partial charge is 0.508 e. The lowest BCUT2D eigenvalue weighted by atomic mass is 10.8. The molecule has 0 fully saturated rings. The van der Waals surface area contributed by atoms with Crippen LogP contribution in [0.15, 0.2) is 0 Å². The lowest BCUT2D eigenvalue weighted by Crippen LogP contribution is -2.12. The summed E-state index contributed by atoms with van der Waals surface area (Å²) in [4.78, 5) is 11.0. The molecule has 0 saturated heterocycles. The van der Waals surface area contributed by atoms with Crippen molar-refractivity contribution in [3.8, 4) is 0 Å². The Labute approximate surface area is 115 Å². The molecule has 0 spiro atoms. The molecular formula is C9H16Cl2O3S2. The molecule has 96 valence electrons. The van der Waals surface area contributed by atoms with Crippen molar-refractivity contribution in [3.05, 3.63) is 0 Å². The highest BCUT2D eigenvalue weighted by molar-refractivity contribution is 7.99. The highest BCUT2D eigenvalue weighted by Crippen LogP contribution is 2.02. The van der Waals surface area contributed by atoms with Crippen LogP contribution in [0, 0.1) is 0 Å². The van der Waals surface area contributed by atoms with Crippen LogP contribution in [-0.4, -0.2) is 54.1 Å². The van der Waals surface area contributed by atoms with Gasteiger partial charge in [0.15, 0.2) is 0 Å². The molecule has 0 aromatic heterocycles. The van der Waals surface area contributed by atoms with E-state index in [4.69, 9.17) is 32.7 Å². The van der Waals surface area contributed by atoms with Crippen molar-refractivity contribution in [2.24, 2.45) is 0 Å². The van der Waals surface area contributed by atoms with E-state index >= 15 is 0 Å². The fraction of sp³-hybridized carbons (Fsp3) is 0.889. The van der Waals surface area contributed by atoms with Crippen molar-refractivity contribution < 1.29 is 14.3 Å². The summed E-state index contributed by atoms with van der Waals surface area (Å²) in [6.07, 6.45) is -0.599. The van der Waals surface area contributed by atoms with Crippen molar-refractivity contribution in [2.75, 3.05) is 48.0 Å². The van der Waals surface area contributed by atoms with Crippen LogP contribution in [-0.2, 0) is 9.47 Å². The van der Waals surface area contributed by atoms with Gasteiger partial charge in [-0.05, 0) is 0 Å². The first-order chi connectivity index (χ1) is 7.81. The molecule has 0 rings (SSSR count). The minimum Gasteiger partial charge on any atom is -0.433 e. The first-order valence-electron chi connectivity index (χ1n) is 4.88. The Balaban J connectivity index is 3.12. The van der Waals surface area contributed by atoms with E-state index in [0.29, 0.717) is 25.0 Å². The Bertz CT molecular complexity index is 157. The lowest BCUT2D eigenvalue weighted by molar-refractivity contribution is 0.0645. The molecule has 0 radical (unpaired) electrons. The van der Waals surface area contributed by atoms with Crippen molar-refractivity contribution >= 4 is 52.9 Å². The summed E-state index contributed by atoms with van der Waals surface area (Å²) in [5.74, 6) is 4.48. The molecule has 3 nitrogen and oxygen atoms in total. The molecule has 0 aliphatic carbocycles. The third-order valence-electron chi connectivity index (χ3n) is 1.34. The fourth-order valence-corrected chi connectivity index (χ4v) is 2.41. The number of carbonyl (C=O) groups excluding carboxylic acids is 1. The van der Waals surface area contributed by atoms with Crippen molar-refractivity contribution in [1.82, 2.24) is 0 Å². The summed E-state index contributed by atoms with van der Waals surface area (Å²) >= 11 is 14.3. The Morgan fingerprint density at radius 3 is 1.69 bits per heavy atom. The molecule has 0 unspecified atom stereocenters. The average Bonchev–Trinajstić information content (AvgIpc) is 2.28. The van der Waals surface area contributed by atoms with Crippen molar-refractivity contribution in [1.29, 1.82) is 0 Å². The zero-order chi connectivity index (χ0) is 12.1. The Morgan fingerprint density at radius 2 is 1.31 bits per heavy atom. The highest BCUT2D eigenvalue weighted by Gasteiger charge is 2.02. The maximum atomic E-state index is 11.0. The second kappa shape index (κ2) is 13.6. The van der Waals surface area contributed by atoms with Crippen LogP contribution in [0.1, 0.15) is 0 Å². The number of carbonyl (C=O) groups is 1. The summed E-state index contributed by atoms with van der Waals surface area (Å²) in [7, 11) is 0. The molecule has 0 saturated carbocycles. The van der Waals surface area contributed by atoms with Gasteiger partial charge in [0.1, 0.15) is 13.2 Å². The average molecular weight is 307 g/mol. The second-order valence-corrected chi connectivity index (χ2v) is 5.76. The van der Waals surface area contributed by atoms with Crippen LogP contribution >= 0.6 is 46.7 Å². The summed E-state index contributed by atoms with van der Waals surface area (Å²) < 4.78 is 9.67. The normalized spacial score (nSPS) is 10.1. The molecule has 16 heavy (non-hydrogen) atoms. The van der Waals surface area contributed by atoms with E-state index in [2.05, 4.69) is 0 Å². The van der Waals surface area contributed by atoms with Gasteiger partial charge in [-0.2, -0.15) is 23.5 Å². The van der Waals surface area contributed by atoms with Crippen LogP contribution in [0.2, 0.25) is 0 Å². The first kappa shape index (κ1) is 16.6.